The van der Waals surface area contributed by atoms with Gasteiger partial charge < -0.3 is 4.48 Å². The second-order valence-electron chi connectivity index (χ2n) is 16.8. The van der Waals surface area contributed by atoms with Gasteiger partial charge >= 0.3 is 217 Å². The van der Waals surface area contributed by atoms with Crippen molar-refractivity contribution in [1.82, 2.24) is 0 Å². The molecule has 0 aromatic rings. The molecule has 0 bridgehead atoms. The first-order valence-corrected chi connectivity index (χ1v) is 46.5. The Labute approximate surface area is 463 Å². The van der Waals surface area contributed by atoms with Crippen LogP contribution in [-0.4, -0.2) is 31.7 Å². The van der Waals surface area contributed by atoms with E-state index in [4.69, 9.17) is 100 Å². The number of rotatable bonds is 34. The van der Waals surface area contributed by atoms with Crippen LogP contribution in [-0.2, 0) is 165 Å². The quantitative estimate of drug-likeness (QED) is 0.0332. The Morgan fingerprint density at radius 1 is 0.203 bits per heavy atom. The van der Waals surface area contributed by atoms with Gasteiger partial charge in [-0.2, -0.15) is 0 Å². The van der Waals surface area contributed by atoms with Gasteiger partial charge in [0, 0.05) is 0 Å². The van der Waals surface area contributed by atoms with Gasteiger partial charge in [-0.15, -0.1) is 0 Å². The molecule has 0 amide bonds. The van der Waals surface area contributed by atoms with Gasteiger partial charge in [-0.3, -0.25) is 0 Å². The first-order chi connectivity index (χ1) is 33.1. The van der Waals surface area contributed by atoms with Crippen LogP contribution in [0, 0.1) is 0 Å². The molecule has 74 heavy (non-hydrogen) atoms. The van der Waals surface area contributed by atoms with E-state index in [0.29, 0.717) is 0 Å². The average molecular weight is 1670 g/mol. The van der Waals surface area contributed by atoms with Crippen molar-refractivity contribution in [2.24, 2.45) is 0 Å². The Morgan fingerprint density at radius 3 is 0.378 bits per heavy atom. The van der Waals surface area contributed by atoms with E-state index in [1.54, 1.807) is 0 Å². The summed E-state index contributed by atoms with van der Waals surface area (Å²) in [5, 5.41) is 0. The van der Waals surface area contributed by atoms with Gasteiger partial charge in [0.1, 0.15) is 0 Å². The van der Waals surface area contributed by atoms with Crippen molar-refractivity contribution in [1.29, 1.82) is 0 Å². The Morgan fingerprint density at radius 2 is 0.284 bits per heavy atom. The molecule has 29 nitrogen and oxygen atoms in total. The zero-order chi connectivity index (χ0) is 60.0. The molecule has 460 valence electrons. The summed E-state index contributed by atoms with van der Waals surface area (Å²) in [5.41, 5.74) is 0. The van der Waals surface area contributed by atoms with Crippen LogP contribution in [0.25, 0.3) is 0 Å². The molecular weight excluding hydrogens is 1590 g/mol. The third kappa shape index (κ3) is 248. The molecule has 0 atom stereocenters. The Bertz CT molecular complexity index is 1610. The summed E-state index contributed by atoms with van der Waals surface area (Å²) in [7, 11) is 4.94. The molecule has 0 aliphatic carbocycles. The van der Waals surface area contributed by atoms with Gasteiger partial charge in [0.15, 0.2) is 0 Å². The van der Waals surface area contributed by atoms with E-state index in [2.05, 4.69) is 27.9 Å². The van der Waals surface area contributed by atoms with Crippen molar-refractivity contribution in [3.05, 3.63) is 0 Å². The number of hydrogen-bond acceptors (Lipinski definition) is 28. The summed E-state index contributed by atoms with van der Waals surface area (Å²) < 4.78 is 243. The van der Waals surface area contributed by atoms with Crippen molar-refractivity contribution in [3.8, 4) is 0 Å². The molecule has 0 unspecified atom stereocenters. The summed E-state index contributed by atoms with van der Waals surface area (Å²) in [6.45, 7) is 7.39. The minimum absolute atomic E-state index is 1.25. The molecule has 36 heteroatoms. The normalized spacial score (nSPS) is 11.8. The zero-order valence-electron chi connectivity index (χ0n) is 42.8. The summed E-state index contributed by atoms with van der Waals surface area (Å²) >= 11 is -42.1. The molecule has 0 radical (unpaired) electrons. The second-order valence-corrected chi connectivity index (χ2v) is 30.9. The van der Waals surface area contributed by atoms with E-state index in [9.17, 15) is 0 Å². The van der Waals surface area contributed by atoms with Crippen molar-refractivity contribution >= 4 is 0 Å². The van der Waals surface area contributed by atoms with Crippen molar-refractivity contribution < 1.29 is 222 Å². The molecule has 0 aromatic carbocycles. The molecule has 0 spiro atoms. The third-order valence-electron chi connectivity index (χ3n) is 9.23. The summed E-state index contributed by atoms with van der Waals surface area (Å²) in [6, 6.07) is 0. The van der Waals surface area contributed by atoms with E-state index in [1.165, 1.54) is 223 Å². The maximum atomic E-state index is 8.63. The van der Waals surface area contributed by atoms with Crippen LogP contribution in [0.5, 0.6) is 0 Å². The Balaban J connectivity index is -0.000000164. The summed E-state index contributed by atoms with van der Waals surface area (Å²) in [6.07, 6.45) is 46.9. The van der Waals surface area contributed by atoms with Crippen molar-refractivity contribution in [3.63, 3.8) is 0 Å². The molecule has 0 aromatic heterocycles. The fourth-order valence-corrected chi connectivity index (χ4v) is 6.29. The zero-order valence-corrected chi connectivity index (χ0v) is 56.8. The number of unbranched alkanes of at least 4 members (excludes halogenated alkanes) is 30. The fourth-order valence-electron chi connectivity index (χ4n) is 6.29. The van der Waals surface area contributed by atoms with Crippen molar-refractivity contribution in [2.45, 2.75) is 219 Å². The van der Waals surface area contributed by atoms with Gasteiger partial charge in [-0.1, -0.05) is 194 Å². The van der Waals surface area contributed by atoms with E-state index >= 15 is 0 Å². The molecule has 0 saturated carbocycles. The maximum absolute atomic E-state index is 8.63. The molecule has 0 saturated heterocycles. The Hall–Kier alpha value is 1.42. The Kier molecular flexibility index (Phi) is 71.6. The van der Waals surface area contributed by atoms with Crippen LogP contribution in [0.3, 0.4) is 0 Å². The van der Waals surface area contributed by atoms with E-state index in [-0.39, 0.29) is 0 Å². The van der Waals surface area contributed by atoms with Gasteiger partial charge in [0.25, 0.3) is 0 Å². The third-order valence-corrected chi connectivity index (χ3v) is 9.23. The van der Waals surface area contributed by atoms with Crippen LogP contribution in [0.1, 0.15) is 219 Å². The summed E-state index contributed by atoms with van der Waals surface area (Å²) in [5.74, 6) is 0. The number of hydrogen-bond donors (Lipinski definition) is 0. The predicted molar refractivity (Wildman–Crippen MR) is 191 cm³/mol. The molecule has 0 N–H and O–H groups in total. The fraction of sp³-hybridized carbons (Fsp3) is 1.00. The van der Waals surface area contributed by atoms with E-state index in [0.717, 1.165) is 0 Å². The molecule has 0 heterocycles. The van der Waals surface area contributed by atoms with Gasteiger partial charge in [0.2, 0.25) is 0 Å². The molecule has 0 aliphatic heterocycles. The van der Waals surface area contributed by atoms with Gasteiger partial charge in [-0.25, -0.2) is 0 Å². The first-order valence-electron chi connectivity index (χ1n) is 23.6. The molecule has 0 aliphatic rings. The van der Waals surface area contributed by atoms with Crippen LogP contribution in [0.15, 0.2) is 0 Å². The van der Waals surface area contributed by atoms with E-state index in [1.807, 2.05) is 0 Å². The van der Waals surface area contributed by atoms with Crippen LogP contribution in [0.2, 0.25) is 0 Å². The van der Waals surface area contributed by atoms with E-state index < -0.39 is 117 Å². The molecule has 0 fully saturated rings. The standard InChI is InChI=1S/C38H80N.7Mo.28O/c1-5-7-9-11-13-15-17-19-21-23-25-27-29-31-33-35-37-39(3,4)38-36-34-32-30-28-26-24-22-20-18-16-14-12-10-8-6-2;;;;;;;;;;;;;;;;;;;;;;;;;;;;;;;;;;;/h5-38H2,1-4H3;;;;;;;;;;;;;;;;;;;;;;;;;;;;;;;;;;;/q+1;;;;;;;;;;;;;;;;;;;;;;14*-1. The van der Waals surface area contributed by atoms with Crippen LogP contribution >= 0.6 is 0 Å². The number of quaternary nitrogens is 1. The molecular formula is C38H80Mo7NO28-13. The van der Waals surface area contributed by atoms with Crippen molar-refractivity contribution in [2.75, 3.05) is 27.2 Å². The van der Waals surface area contributed by atoms with Crippen LogP contribution in [0.4, 0.5) is 0 Å². The monoisotopic (exact) mass is 1680 g/mol. The van der Waals surface area contributed by atoms with Crippen LogP contribution < -0.4 is 52.6 Å². The number of nitrogens with zero attached hydrogens (tertiary/aromatic N) is 1. The van der Waals surface area contributed by atoms with Gasteiger partial charge in [0.05, 0.1) is 27.2 Å². The van der Waals surface area contributed by atoms with Gasteiger partial charge in [-0.05, 0) is 25.7 Å². The second kappa shape index (κ2) is 57.6. The molecule has 0 rings (SSSR count). The minimum atomic E-state index is -6.02. The first kappa shape index (κ1) is 91.9. The average Bonchev–Trinajstić information content (AvgIpc) is 3.13. The topological polar surface area (TPSA) is 562 Å². The summed E-state index contributed by atoms with van der Waals surface area (Å²) in [4.78, 5) is 0. The predicted octanol–water partition coefficient (Wildman–Crippen LogP) is -4.74. The SMILES string of the molecule is CCCCCCCCCCCCCCCCCC[N+](C)(C)CCCCCCCCCCCCCCCCCC.[O]=[Mo](=[O])([O-])[O-].[O]=[Mo](=[O])([O-])[O-].[O]=[Mo](=[O])([O-])[O-].[O]=[Mo](=[O])([O-])[O-].[O]=[Mo](=[O])([O-])[O-].[O]=[Mo](=[O])([O-])[O-].[O]=[Mo](=[O])([O-])[O-].